The summed E-state index contributed by atoms with van der Waals surface area (Å²) in [6.45, 7) is 0.762. The molecule has 2 N–H and O–H groups in total. The predicted molar refractivity (Wildman–Crippen MR) is 92.8 cm³/mol. The van der Waals surface area contributed by atoms with E-state index in [1.165, 1.54) is 16.9 Å². The summed E-state index contributed by atoms with van der Waals surface area (Å²) >= 11 is 1.97. The van der Waals surface area contributed by atoms with Gasteiger partial charge in [-0.25, -0.2) is 4.79 Å². The van der Waals surface area contributed by atoms with Crippen LogP contribution in [0.4, 0.5) is 4.79 Å². The van der Waals surface area contributed by atoms with Crippen LogP contribution in [0.2, 0.25) is 0 Å². The van der Waals surface area contributed by atoms with Crippen molar-refractivity contribution in [1.82, 2.24) is 10.6 Å². The maximum Gasteiger partial charge on any atom is 0.315 e. The van der Waals surface area contributed by atoms with Gasteiger partial charge < -0.3 is 15.4 Å². The Kier molecular flexibility index (Phi) is 4.24. The highest BCUT2D eigenvalue weighted by Gasteiger charge is 2.41. The highest BCUT2D eigenvalue weighted by atomic mass is 32.2. The first-order valence-electron chi connectivity index (χ1n) is 8.61. The van der Waals surface area contributed by atoms with Gasteiger partial charge in [0.05, 0.1) is 11.6 Å². The van der Waals surface area contributed by atoms with E-state index in [1.54, 1.807) is 0 Å². The molecule has 0 bridgehead atoms. The molecule has 2 saturated heterocycles. The van der Waals surface area contributed by atoms with Gasteiger partial charge in [0, 0.05) is 18.4 Å². The molecule has 2 amide bonds. The second-order valence-corrected chi connectivity index (χ2v) is 8.04. The number of benzene rings is 1. The first-order chi connectivity index (χ1) is 11.2. The summed E-state index contributed by atoms with van der Waals surface area (Å²) in [5.41, 5.74) is 2.66. The molecule has 0 saturated carbocycles. The minimum absolute atomic E-state index is 0.0147. The van der Waals surface area contributed by atoms with E-state index in [0.29, 0.717) is 0 Å². The van der Waals surface area contributed by atoms with Crippen molar-refractivity contribution in [3.63, 3.8) is 0 Å². The molecule has 23 heavy (non-hydrogen) atoms. The maximum atomic E-state index is 12.4. The van der Waals surface area contributed by atoms with Crippen LogP contribution < -0.4 is 10.6 Å². The standard InChI is InChI=1S/C18H24N2O2S/c21-17(20-16-6-5-13-3-1-2-4-15(13)16)19-14-7-9-22-18(11-14)8-10-23-12-18/h1-4,14,16H,5-12H2,(H2,19,20,21)/t14-,16-,18-/m1/s1. The van der Waals surface area contributed by atoms with Crippen molar-refractivity contribution in [2.45, 2.75) is 49.8 Å². The van der Waals surface area contributed by atoms with E-state index in [-0.39, 0.29) is 23.7 Å². The van der Waals surface area contributed by atoms with Gasteiger partial charge in [-0.1, -0.05) is 24.3 Å². The van der Waals surface area contributed by atoms with E-state index in [2.05, 4.69) is 34.9 Å². The zero-order valence-corrected chi connectivity index (χ0v) is 14.2. The smallest absolute Gasteiger partial charge is 0.315 e. The van der Waals surface area contributed by atoms with Crippen LogP contribution in [-0.4, -0.2) is 35.8 Å². The number of rotatable bonds is 2. The number of amides is 2. The van der Waals surface area contributed by atoms with Crippen LogP contribution in [0.5, 0.6) is 0 Å². The summed E-state index contributed by atoms with van der Waals surface area (Å²) in [7, 11) is 0. The molecule has 3 aliphatic rings. The molecule has 1 aromatic rings. The molecule has 124 valence electrons. The average molecular weight is 332 g/mol. The van der Waals surface area contributed by atoms with E-state index in [4.69, 9.17) is 4.74 Å². The summed E-state index contributed by atoms with van der Waals surface area (Å²) in [5.74, 6) is 2.25. The zero-order valence-electron chi connectivity index (χ0n) is 13.3. The Morgan fingerprint density at radius 1 is 1.26 bits per heavy atom. The SMILES string of the molecule is O=C(N[C@@H]1CCO[C@]2(CCSC2)C1)N[C@@H]1CCc2ccccc21. The van der Waals surface area contributed by atoms with Gasteiger partial charge in [-0.3, -0.25) is 0 Å². The molecule has 5 heteroatoms. The zero-order chi connectivity index (χ0) is 15.7. The van der Waals surface area contributed by atoms with Crippen molar-refractivity contribution in [1.29, 1.82) is 0 Å². The van der Waals surface area contributed by atoms with Crippen molar-refractivity contribution in [2.24, 2.45) is 0 Å². The van der Waals surface area contributed by atoms with Crippen LogP contribution in [-0.2, 0) is 11.2 Å². The number of nitrogens with one attached hydrogen (secondary N) is 2. The van der Waals surface area contributed by atoms with Crippen molar-refractivity contribution in [2.75, 3.05) is 18.1 Å². The first kappa shape index (κ1) is 15.3. The number of carbonyl (C=O) groups excluding carboxylic acids is 1. The van der Waals surface area contributed by atoms with Crippen LogP contribution in [0.25, 0.3) is 0 Å². The third-order valence-electron chi connectivity index (χ3n) is 5.33. The topological polar surface area (TPSA) is 50.4 Å². The summed E-state index contributed by atoms with van der Waals surface area (Å²) in [6.07, 6.45) is 5.04. The molecule has 0 radical (unpaired) electrons. The molecule has 1 aliphatic carbocycles. The lowest BCUT2D eigenvalue weighted by molar-refractivity contribution is -0.0684. The first-order valence-corrected chi connectivity index (χ1v) is 9.76. The highest BCUT2D eigenvalue weighted by molar-refractivity contribution is 7.99. The molecule has 1 spiro atoms. The molecular weight excluding hydrogens is 308 g/mol. The second-order valence-electron chi connectivity index (χ2n) is 6.93. The molecular formula is C18H24N2O2S. The van der Waals surface area contributed by atoms with Crippen LogP contribution in [0.1, 0.15) is 42.9 Å². The Bertz CT molecular complexity index is 586. The van der Waals surface area contributed by atoms with Gasteiger partial charge in [-0.15, -0.1) is 0 Å². The van der Waals surface area contributed by atoms with Gasteiger partial charge in [0.25, 0.3) is 0 Å². The quantitative estimate of drug-likeness (QED) is 0.875. The Morgan fingerprint density at radius 3 is 3.04 bits per heavy atom. The van der Waals surface area contributed by atoms with E-state index < -0.39 is 0 Å². The summed E-state index contributed by atoms with van der Waals surface area (Å²) in [5, 5.41) is 6.35. The van der Waals surface area contributed by atoms with Crippen LogP contribution >= 0.6 is 11.8 Å². The number of hydrogen-bond acceptors (Lipinski definition) is 3. The Morgan fingerprint density at radius 2 is 2.17 bits per heavy atom. The van der Waals surface area contributed by atoms with Crippen LogP contribution in [0.3, 0.4) is 0 Å². The lowest BCUT2D eigenvalue weighted by Crippen LogP contribution is -2.51. The molecule has 0 aromatic heterocycles. The lowest BCUT2D eigenvalue weighted by atomic mass is 9.90. The number of urea groups is 1. The molecule has 2 fully saturated rings. The largest absolute Gasteiger partial charge is 0.374 e. The summed E-state index contributed by atoms with van der Waals surface area (Å²) < 4.78 is 6.03. The minimum Gasteiger partial charge on any atom is -0.374 e. The predicted octanol–water partition coefficient (Wildman–Crippen LogP) is 3.03. The number of hydrogen-bond donors (Lipinski definition) is 2. The number of carbonyl (C=O) groups is 1. The number of thioether (sulfide) groups is 1. The van der Waals surface area contributed by atoms with Crippen molar-refractivity contribution < 1.29 is 9.53 Å². The normalized spacial score (nSPS) is 32.7. The van der Waals surface area contributed by atoms with E-state index >= 15 is 0 Å². The van der Waals surface area contributed by atoms with E-state index in [0.717, 1.165) is 44.5 Å². The van der Waals surface area contributed by atoms with Gasteiger partial charge in [0.2, 0.25) is 0 Å². The molecule has 2 aliphatic heterocycles. The average Bonchev–Trinajstić information content (AvgIpc) is 3.15. The third kappa shape index (κ3) is 3.22. The summed E-state index contributed by atoms with van der Waals surface area (Å²) in [4.78, 5) is 12.4. The van der Waals surface area contributed by atoms with E-state index in [1.807, 2.05) is 11.8 Å². The van der Waals surface area contributed by atoms with Gasteiger partial charge in [-0.05, 0) is 49.0 Å². The highest BCUT2D eigenvalue weighted by Crippen LogP contribution is 2.38. The second kappa shape index (κ2) is 6.36. The number of aryl methyl sites for hydroxylation is 1. The number of ether oxygens (including phenoxy) is 1. The minimum atomic E-state index is -0.0283. The third-order valence-corrected chi connectivity index (χ3v) is 6.56. The molecule has 2 heterocycles. The van der Waals surface area contributed by atoms with Gasteiger partial charge in [-0.2, -0.15) is 11.8 Å². The molecule has 4 rings (SSSR count). The summed E-state index contributed by atoms with van der Waals surface area (Å²) in [6, 6.07) is 8.78. The van der Waals surface area contributed by atoms with Crippen molar-refractivity contribution in [3.05, 3.63) is 35.4 Å². The molecule has 0 unspecified atom stereocenters. The fourth-order valence-electron chi connectivity index (χ4n) is 4.11. The molecule has 4 nitrogen and oxygen atoms in total. The van der Waals surface area contributed by atoms with Crippen LogP contribution in [0, 0.1) is 0 Å². The van der Waals surface area contributed by atoms with Gasteiger partial charge in [0.1, 0.15) is 0 Å². The van der Waals surface area contributed by atoms with Gasteiger partial charge >= 0.3 is 6.03 Å². The van der Waals surface area contributed by atoms with Crippen LogP contribution in [0.15, 0.2) is 24.3 Å². The van der Waals surface area contributed by atoms with Crippen molar-refractivity contribution in [3.8, 4) is 0 Å². The Balaban J connectivity index is 1.34. The fourth-order valence-corrected chi connectivity index (χ4v) is 5.48. The monoisotopic (exact) mass is 332 g/mol. The van der Waals surface area contributed by atoms with E-state index in [9.17, 15) is 4.79 Å². The Hall–Kier alpha value is -1.20. The lowest BCUT2D eigenvalue weighted by Gasteiger charge is -2.38. The fraction of sp³-hybridized carbons (Fsp3) is 0.611. The number of fused-ring (bicyclic) bond motifs is 1. The molecule has 3 atom stereocenters. The Labute approximate surface area is 141 Å². The van der Waals surface area contributed by atoms with Crippen molar-refractivity contribution >= 4 is 17.8 Å². The van der Waals surface area contributed by atoms with Gasteiger partial charge in [0.15, 0.2) is 0 Å². The maximum absolute atomic E-state index is 12.4. The molecule has 1 aromatic carbocycles.